The van der Waals surface area contributed by atoms with Gasteiger partial charge in [0.1, 0.15) is 6.26 Å². The van der Waals surface area contributed by atoms with Gasteiger partial charge in [-0.3, -0.25) is 14.8 Å². The van der Waals surface area contributed by atoms with Crippen molar-refractivity contribution in [2.75, 3.05) is 52.9 Å². The molecule has 1 unspecified atom stereocenters. The van der Waals surface area contributed by atoms with Gasteiger partial charge in [0.25, 0.3) is 0 Å². The average molecular weight is 431 g/mol. The third kappa shape index (κ3) is 5.33. The number of hydrogen-bond acceptors (Lipinski definition) is 5. The molecule has 3 heterocycles. The summed E-state index contributed by atoms with van der Waals surface area (Å²) >= 11 is 6.29. The lowest BCUT2D eigenvalue weighted by Gasteiger charge is -2.37. The van der Waals surface area contributed by atoms with Gasteiger partial charge in [-0.2, -0.15) is 0 Å². The van der Waals surface area contributed by atoms with E-state index in [-0.39, 0.29) is 0 Å². The molecule has 1 aromatic heterocycles. The molecule has 2 saturated heterocycles. The molecule has 1 N–H and O–H groups in total. The van der Waals surface area contributed by atoms with E-state index in [1.165, 1.54) is 18.4 Å². The molecule has 7 nitrogen and oxygen atoms in total. The van der Waals surface area contributed by atoms with Crippen LogP contribution in [0.4, 0.5) is 0 Å². The Hall–Kier alpha value is -2.09. The number of aromatic nitrogens is 1. The molecular weight excluding hydrogens is 400 g/mol. The van der Waals surface area contributed by atoms with Crippen molar-refractivity contribution < 1.29 is 4.52 Å². The molecule has 0 radical (unpaired) electrons. The molecular formula is C22H31ClN6O. The molecule has 0 bridgehead atoms. The number of hydrogen-bond donors (Lipinski definition) is 1. The van der Waals surface area contributed by atoms with Gasteiger partial charge in [-0.1, -0.05) is 28.9 Å². The maximum atomic E-state index is 6.29. The van der Waals surface area contributed by atoms with Gasteiger partial charge in [-0.15, -0.1) is 0 Å². The molecule has 0 spiro atoms. The van der Waals surface area contributed by atoms with Crippen LogP contribution >= 0.6 is 11.6 Å². The van der Waals surface area contributed by atoms with Crippen molar-refractivity contribution in [3.8, 4) is 0 Å². The van der Waals surface area contributed by atoms with Crippen molar-refractivity contribution in [2.24, 2.45) is 4.99 Å². The Morgan fingerprint density at radius 1 is 1.17 bits per heavy atom. The first-order valence-electron chi connectivity index (χ1n) is 10.8. The smallest absolute Gasteiger partial charge is 0.193 e. The Kier molecular flexibility index (Phi) is 7.25. The third-order valence-corrected chi connectivity index (χ3v) is 6.26. The number of aliphatic imine (C=N–C) groups is 1. The van der Waals surface area contributed by atoms with E-state index in [9.17, 15) is 0 Å². The van der Waals surface area contributed by atoms with Gasteiger partial charge in [-0.25, -0.2) is 0 Å². The molecule has 2 aliphatic rings. The second kappa shape index (κ2) is 10.3. The minimum absolute atomic E-state index is 0.302. The molecule has 2 fully saturated rings. The topological polar surface area (TPSA) is 60.1 Å². The quantitative estimate of drug-likeness (QED) is 0.561. The van der Waals surface area contributed by atoms with Crippen LogP contribution in [0.25, 0.3) is 0 Å². The predicted molar refractivity (Wildman–Crippen MR) is 120 cm³/mol. The van der Waals surface area contributed by atoms with E-state index in [1.807, 2.05) is 25.2 Å². The van der Waals surface area contributed by atoms with Crippen LogP contribution < -0.4 is 5.32 Å². The third-order valence-electron chi connectivity index (χ3n) is 6.03. The monoisotopic (exact) mass is 430 g/mol. The molecule has 1 aromatic carbocycles. The fraction of sp³-hybridized carbons (Fsp3) is 0.545. The van der Waals surface area contributed by atoms with Gasteiger partial charge >= 0.3 is 0 Å². The molecule has 0 amide bonds. The second-order valence-corrected chi connectivity index (χ2v) is 8.43. The van der Waals surface area contributed by atoms with Crippen LogP contribution in [0.15, 0.2) is 46.1 Å². The van der Waals surface area contributed by atoms with Crippen LogP contribution in [0.2, 0.25) is 5.02 Å². The molecule has 162 valence electrons. The molecule has 1 atom stereocenters. The van der Waals surface area contributed by atoms with Crippen molar-refractivity contribution >= 4 is 17.6 Å². The molecule has 0 saturated carbocycles. The summed E-state index contributed by atoms with van der Waals surface area (Å²) in [6, 6.07) is 10.5. The van der Waals surface area contributed by atoms with E-state index >= 15 is 0 Å². The fourth-order valence-corrected chi connectivity index (χ4v) is 4.61. The van der Waals surface area contributed by atoms with Crippen molar-refractivity contribution in [1.82, 2.24) is 25.2 Å². The molecule has 2 aromatic rings. The zero-order valence-electron chi connectivity index (χ0n) is 17.6. The van der Waals surface area contributed by atoms with Crippen molar-refractivity contribution in [3.63, 3.8) is 0 Å². The molecule has 4 rings (SSSR count). The van der Waals surface area contributed by atoms with Gasteiger partial charge in [0.2, 0.25) is 0 Å². The minimum atomic E-state index is 0.302. The van der Waals surface area contributed by atoms with Crippen LogP contribution in [0.3, 0.4) is 0 Å². The minimum Gasteiger partial charge on any atom is -0.364 e. The number of benzene rings is 1. The van der Waals surface area contributed by atoms with Gasteiger partial charge in [0, 0.05) is 57.4 Å². The van der Waals surface area contributed by atoms with Crippen molar-refractivity contribution in [2.45, 2.75) is 25.4 Å². The molecule has 30 heavy (non-hydrogen) atoms. The Morgan fingerprint density at radius 2 is 1.97 bits per heavy atom. The summed E-state index contributed by atoms with van der Waals surface area (Å²) in [6.45, 7) is 7.80. The van der Waals surface area contributed by atoms with Gasteiger partial charge in [0.05, 0.1) is 11.7 Å². The molecule has 0 aliphatic carbocycles. The number of piperazine rings is 1. The maximum Gasteiger partial charge on any atom is 0.193 e. The normalized spacial score (nSPS) is 19.9. The molecule has 2 aliphatic heterocycles. The van der Waals surface area contributed by atoms with E-state index in [0.29, 0.717) is 6.04 Å². The highest BCUT2D eigenvalue weighted by Crippen LogP contribution is 2.26. The number of halogens is 1. The number of nitrogens with zero attached hydrogens (tertiary/aromatic N) is 5. The first-order valence-corrected chi connectivity index (χ1v) is 11.2. The second-order valence-electron chi connectivity index (χ2n) is 8.00. The predicted octanol–water partition coefficient (Wildman–Crippen LogP) is 2.86. The van der Waals surface area contributed by atoms with E-state index in [1.54, 1.807) is 6.26 Å². The van der Waals surface area contributed by atoms with Gasteiger partial charge in [-0.05, 0) is 43.6 Å². The van der Waals surface area contributed by atoms with Crippen LogP contribution in [0.5, 0.6) is 0 Å². The Labute approximate surface area is 183 Å². The average Bonchev–Trinajstić information content (AvgIpc) is 3.47. The zero-order valence-corrected chi connectivity index (χ0v) is 18.4. The lowest BCUT2D eigenvalue weighted by Crippen LogP contribution is -2.53. The summed E-state index contributed by atoms with van der Waals surface area (Å²) in [5.74, 6) is 0.974. The summed E-state index contributed by atoms with van der Waals surface area (Å²) in [4.78, 5) is 11.9. The van der Waals surface area contributed by atoms with Gasteiger partial charge < -0.3 is 14.7 Å². The molecule has 8 heteroatoms. The van der Waals surface area contributed by atoms with Crippen LogP contribution in [0.1, 0.15) is 30.1 Å². The zero-order chi connectivity index (χ0) is 20.8. The van der Waals surface area contributed by atoms with Crippen LogP contribution in [-0.2, 0) is 6.54 Å². The largest absolute Gasteiger partial charge is 0.364 e. The van der Waals surface area contributed by atoms with E-state index in [2.05, 4.69) is 42.3 Å². The Bertz CT molecular complexity index is 813. The van der Waals surface area contributed by atoms with Crippen molar-refractivity contribution in [3.05, 3.63) is 52.9 Å². The Morgan fingerprint density at radius 3 is 2.63 bits per heavy atom. The summed E-state index contributed by atoms with van der Waals surface area (Å²) in [7, 11) is 1.87. The van der Waals surface area contributed by atoms with E-state index in [4.69, 9.17) is 16.1 Å². The summed E-state index contributed by atoms with van der Waals surface area (Å²) in [5.41, 5.74) is 2.26. The van der Waals surface area contributed by atoms with Crippen LogP contribution in [-0.4, -0.2) is 78.7 Å². The van der Waals surface area contributed by atoms with Gasteiger partial charge in [0.15, 0.2) is 5.96 Å². The van der Waals surface area contributed by atoms with Crippen molar-refractivity contribution in [1.29, 1.82) is 0 Å². The van der Waals surface area contributed by atoms with Crippen LogP contribution in [0, 0.1) is 0 Å². The standard InChI is InChI=1S/C22H31ClN6O/c1-24-22(29-12-10-27(11-13-29)17-20-7-14-30-26-20)25-16-21(28-8-2-3-9-28)18-5-4-6-19(23)15-18/h4-7,14-15,21H,2-3,8-13,16-17H2,1H3,(H,24,25). The number of likely N-dealkylation sites (tertiary alicyclic amines) is 1. The lowest BCUT2D eigenvalue weighted by molar-refractivity contribution is 0.167. The highest BCUT2D eigenvalue weighted by atomic mass is 35.5. The van der Waals surface area contributed by atoms with E-state index in [0.717, 1.165) is 69.0 Å². The Balaban J connectivity index is 1.34. The SMILES string of the molecule is CN=C(NCC(c1cccc(Cl)c1)N1CCCC1)N1CCN(Cc2ccon2)CC1. The number of rotatable bonds is 6. The van der Waals surface area contributed by atoms with E-state index < -0.39 is 0 Å². The first-order chi connectivity index (χ1) is 14.7. The maximum absolute atomic E-state index is 6.29. The number of nitrogens with one attached hydrogen (secondary N) is 1. The highest BCUT2D eigenvalue weighted by molar-refractivity contribution is 6.30. The first kappa shape index (κ1) is 21.2. The highest BCUT2D eigenvalue weighted by Gasteiger charge is 2.25. The fourth-order valence-electron chi connectivity index (χ4n) is 4.41. The summed E-state index contributed by atoms with van der Waals surface area (Å²) in [6.07, 6.45) is 4.16. The summed E-state index contributed by atoms with van der Waals surface area (Å²) in [5, 5.41) is 8.46. The lowest BCUT2D eigenvalue weighted by atomic mass is 10.1. The number of guanidine groups is 1. The summed E-state index contributed by atoms with van der Waals surface area (Å²) < 4.78 is 4.94.